The molecule has 2 saturated heterocycles. The molecule has 1 aromatic carbocycles. The van der Waals surface area contributed by atoms with E-state index in [9.17, 15) is 19.5 Å². The van der Waals surface area contributed by atoms with Crippen LogP contribution in [0.4, 0.5) is 5.69 Å². The summed E-state index contributed by atoms with van der Waals surface area (Å²) in [5, 5.41) is 10.5. The molecule has 1 aliphatic carbocycles. The van der Waals surface area contributed by atoms with Gasteiger partial charge in [-0.2, -0.15) is 0 Å². The number of rotatable bonds is 1. The lowest BCUT2D eigenvalue weighted by molar-refractivity contribution is -0.145. The number of aliphatic hydroxyl groups excluding tert-OH is 1. The van der Waals surface area contributed by atoms with E-state index in [1.54, 1.807) is 12.1 Å². The Morgan fingerprint density at radius 1 is 0.909 bits per heavy atom. The predicted molar refractivity (Wildman–Crippen MR) is 76.4 cm³/mol. The predicted octanol–water partition coefficient (Wildman–Crippen LogP) is 0.137. The van der Waals surface area contributed by atoms with Crippen LogP contribution in [0.15, 0.2) is 24.3 Å². The molecule has 2 heterocycles. The van der Waals surface area contributed by atoms with Crippen LogP contribution < -0.4 is 4.90 Å². The molecule has 114 valence electrons. The number of nitrogens with zero attached hydrogens (tertiary/aromatic N) is 2. The monoisotopic (exact) mass is 300 g/mol. The molecule has 4 rings (SSSR count). The van der Waals surface area contributed by atoms with Crippen LogP contribution in [0.2, 0.25) is 0 Å². The number of hydrogen-bond donors (Lipinski definition) is 1. The quantitative estimate of drug-likeness (QED) is 0.748. The van der Waals surface area contributed by atoms with Gasteiger partial charge in [-0.05, 0) is 19.1 Å². The SMILES string of the molecule is Cc1ccc(N2C(=O)C3C4C(=O)N(C)C(=O)C4C3C2O)cc1. The van der Waals surface area contributed by atoms with Gasteiger partial charge < -0.3 is 5.11 Å². The molecular weight excluding hydrogens is 284 g/mol. The zero-order chi connectivity index (χ0) is 15.8. The van der Waals surface area contributed by atoms with Crippen molar-refractivity contribution < 1.29 is 19.5 Å². The molecule has 0 spiro atoms. The molecule has 6 nitrogen and oxygen atoms in total. The second-order valence-corrected chi connectivity index (χ2v) is 6.35. The average molecular weight is 300 g/mol. The van der Waals surface area contributed by atoms with Crippen LogP contribution in [0.25, 0.3) is 0 Å². The smallest absolute Gasteiger partial charge is 0.233 e. The summed E-state index contributed by atoms with van der Waals surface area (Å²) < 4.78 is 0. The van der Waals surface area contributed by atoms with Crippen LogP contribution in [-0.4, -0.2) is 41.0 Å². The van der Waals surface area contributed by atoms with Crippen molar-refractivity contribution in [1.29, 1.82) is 0 Å². The maximum absolute atomic E-state index is 12.6. The van der Waals surface area contributed by atoms with Crippen molar-refractivity contribution in [3.05, 3.63) is 29.8 Å². The summed E-state index contributed by atoms with van der Waals surface area (Å²) in [5.41, 5.74) is 1.65. The number of benzene rings is 1. The first-order valence-corrected chi connectivity index (χ1v) is 7.32. The maximum Gasteiger partial charge on any atom is 0.233 e. The van der Waals surface area contributed by atoms with Crippen LogP contribution in [0.5, 0.6) is 0 Å². The van der Waals surface area contributed by atoms with Crippen LogP contribution in [0.1, 0.15) is 5.56 Å². The molecule has 0 bridgehead atoms. The van der Waals surface area contributed by atoms with Gasteiger partial charge in [-0.25, -0.2) is 0 Å². The van der Waals surface area contributed by atoms with Crippen molar-refractivity contribution >= 4 is 23.4 Å². The van der Waals surface area contributed by atoms with Gasteiger partial charge >= 0.3 is 0 Å². The van der Waals surface area contributed by atoms with Crippen molar-refractivity contribution in [3.63, 3.8) is 0 Å². The Labute approximate surface area is 127 Å². The minimum Gasteiger partial charge on any atom is -0.373 e. The van der Waals surface area contributed by atoms with E-state index >= 15 is 0 Å². The van der Waals surface area contributed by atoms with Crippen LogP contribution in [-0.2, 0) is 14.4 Å². The summed E-state index contributed by atoms with van der Waals surface area (Å²) in [6.45, 7) is 1.94. The molecule has 0 radical (unpaired) electrons. The number of likely N-dealkylation sites (tertiary alicyclic amines) is 1. The van der Waals surface area contributed by atoms with Gasteiger partial charge in [0.25, 0.3) is 0 Å². The van der Waals surface area contributed by atoms with Gasteiger partial charge in [0.2, 0.25) is 17.7 Å². The Hall–Kier alpha value is -2.21. The van der Waals surface area contributed by atoms with E-state index in [4.69, 9.17) is 0 Å². The number of aryl methyl sites for hydroxylation is 1. The molecule has 1 aromatic rings. The van der Waals surface area contributed by atoms with E-state index in [0.29, 0.717) is 5.69 Å². The van der Waals surface area contributed by atoms with Gasteiger partial charge in [0.05, 0.1) is 17.8 Å². The Morgan fingerprint density at radius 3 is 2.09 bits per heavy atom. The van der Waals surface area contributed by atoms with Gasteiger partial charge in [0.15, 0.2) is 0 Å². The molecule has 3 aliphatic rings. The van der Waals surface area contributed by atoms with E-state index in [2.05, 4.69) is 0 Å². The van der Waals surface area contributed by atoms with Crippen molar-refractivity contribution in [3.8, 4) is 0 Å². The van der Waals surface area contributed by atoms with Gasteiger partial charge in [-0.15, -0.1) is 0 Å². The first kappa shape index (κ1) is 13.5. The lowest BCUT2D eigenvalue weighted by Crippen LogP contribution is -2.51. The highest BCUT2D eigenvalue weighted by Gasteiger charge is 2.72. The van der Waals surface area contributed by atoms with Gasteiger partial charge in [0.1, 0.15) is 6.23 Å². The number of anilines is 1. The highest BCUT2D eigenvalue weighted by atomic mass is 16.3. The fourth-order valence-corrected chi connectivity index (χ4v) is 4.10. The minimum atomic E-state index is -1.05. The molecule has 3 amide bonds. The third-order valence-corrected chi connectivity index (χ3v) is 5.28. The minimum absolute atomic E-state index is 0.265. The number of carbonyl (C=O) groups excluding carboxylic acids is 3. The van der Waals surface area contributed by atoms with Gasteiger partial charge in [0, 0.05) is 18.7 Å². The largest absolute Gasteiger partial charge is 0.373 e. The maximum atomic E-state index is 12.6. The lowest BCUT2D eigenvalue weighted by atomic mass is 9.58. The molecular formula is C16H16N2O4. The number of amides is 3. The molecule has 3 fully saturated rings. The number of hydrogen-bond acceptors (Lipinski definition) is 4. The summed E-state index contributed by atoms with van der Waals surface area (Å²) >= 11 is 0. The molecule has 1 saturated carbocycles. The number of carbonyl (C=O) groups is 3. The number of fused-ring (bicyclic) bond motifs is 4. The summed E-state index contributed by atoms with van der Waals surface area (Å²) in [7, 11) is 1.44. The van der Waals surface area contributed by atoms with Crippen molar-refractivity contribution in [1.82, 2.24) is 4.90 Å². The molecule has 2 aliphatic heterocycles. The molecule has 5 unspecified atom stereocenters. The van der Waals surface area contributed by atoms with E-state index in [1.807, 2.05) is 19.1 Å². The highest BCUT2D eigenvalue weighted by Crippen LogP contribution is 2.58. The standard InChI is InChI=1S/C16H16N2O4/c1-7-3-5-8(6-4-7)18-15(21)11-9-10(12(11)16(18)22)14(20)17(2)13(9)19/h3-6,9-12,15,21H,1-2H3. The Kier molecular flexibility index (Phi) is 2.55. The molecule has 0 aromatic heterocycles. The molecule has 22 heavy (non-hydrogen) atoms. The second kappa shape index (κ2) is 4.16. The number of imide groups is 1. The van der Waals surface area contributed by atoms with E-state index < -0.39 is 29.9 Å². The fraction of sp³-hybridized carbons (Fsp3) is 0.438. The topological polar surface area (TPSA) is 77.9 Å². The normalized spacial score (nSPS) is 36.5. The third-order valence-electron chi connectivity index (χ3n) is 5.28. The van der Waals surface area contributed by atoms with E-state index in [-0.39, 0.29) is 17.7 Å². The van der Waals surface area contributed by atoms with E-state index in [0.717, 1.165) is 10.5 Å². The summed E-state index contributed by atoms with van der Waals surface area (Å²) in [5.74, 6) is -3.07. The first-order valence-electron chi connectivity index (χ1n) is 7.32. The van der Waals surface area contributed by atoms with Crippen molar-refractivity contribution in [2.75, 3.05) is 11.9 Å². The summed E-state index contributed by atoms with van der Waals surface area (Å²) in [6, 6.07) is 7.26. The molecule has 5 atom stereocenters. The lowest BCUT2D eigenvalue weighted by Gasteiger charge is -2.39. The third kappa shape index (κ3) is 1.40. The van der Waals surface area contributed by atoms with Crippen LogP contribution in [0, 0.1) is 30.6 Å². The Bertz CT molecular complexity index is 699. The first-order chi connectivity index (χ1) is 10.4. The zero-order valence-corrected chi connectivity index (χ0v) is 12.3. The van der Waals surface area contributed by atoms with Crippen molar-refractivity contribution in [2.24, 2.45) is 23.7 Å². The second-order valence-electron chi connectivity index (χ2n) is 6.35. The van der Waals surface area contributed by atoms with Gasteiger partial charge in [-0.1, -0.05) is 17.7 Å². The Morgan fingerprint density at radius 2 is 1.45 bits per heavy atom. The highest BCUT2D eigenvalue weighted by molar-refractivity contribution is 6.12. The van der Waals surface area contributed by atoms with Gasteiger partial charge in [-0.3, -0.25) is 24.2 Å². The fourth-order valence-electron chi connectivity index (χ4n) is 4.10. The van der Waals surface area contributed by atoms with Crippen LogP contribution in [0.3, 0.4) is 0 Å². The van der Waals surface area contributed by atoms with Crippen LogP contribution >= 0.6 is 0 Å². The summed E-state index contributed by atoms with van der Waals surface area (Å²) in [6.07, 6.45) is -1.05. The summed E-state index contributed by atoms with van der Waals surface area (Å²) in [4.78, 5) is 39.3. The van der Waals surface area contributed by atoms with E-state index in [1.165, 1.54) is 11.9 Å². The average Bonchev–Trinajstić information content (AvgIpc) is 2.76. The Balaban J connectivity index is 1.71. The molecule has 1 N–H and O–H groups in total. The zero-order valence-electron chi connectivity index (χ0n) is 12.3. The molecule has 6 heteroatoms. The van der Waals surface area contributed by atoms with Crippen molar-refractivity contribution in [2.45, 2.75) is 13.2 Å². The number of aliphatic hydroxyl groups is 1.